The number of benzene rings is 1. The third-order valence-corrected chi connectivity index (χ3v) is 3.03. The molecule has 0 atom stereocenters. The van der Waals surface area contributed by atoms with Gasteiger partial charge in [-0.15, -0.1) is 0 Å². The molecule has 2 N–H and O–H groups in total. The minimum absolute atomic E-state index is 0.506. The second-order valence-corrected chi connectivity index (χ2v) is 4.43. The first-order chi connectivity index (χ1) is 8.67. The van der Waals surface area contributed by atoms with Crippen LogP contribution in [0.1, 0.15) is 18.3 Å². The lowest BCUT2D eigenvalue weighted by Gasteiger charge is -2.05. The van der Waals surface area contributed by atoms with Crippen molar-refractivity contribution in [1.82, 2.24) is 15.0 Å². The van der Waals surface area contributed by atoms with E-state index in [0.717, 1.165) is 28.5 Å². The van der Waals surface area contributed by atoms with Gasteiger partial charge in [0, 0.05) is 11.8 Å². The highest BCUT2D eigenvalue weighted by Crippen LogP contribution is 2.22. The monoisotopic (exact) mass is 238 g/mol. The number of nitrogen functional groups attached to an aromatic ring is 1. The van der Waals surface area contributed by atoms with Gasteiger partial charge >= 0.3 is 0 Å². The SMILES string of the molecule is CCc1nc(N)c2cc3ccc(C)cc3nc2n1. The molecule has 0 saturated heterocycles. The summed E-state index contributed by atoms with van der Waals surface area (Å²) in [6.45, 7) is 4.06. The number of hydrogen-bond acceptors (Lipinski definition) is 4. The number of aryl methyl sites for hydroxylation is 2. The third kappa shape index (κ3) is 1.66. The molecule has 90 valence electrons. The number of nitrogens with two attached hydrogens (primary N) is 1. The van der Waals surface area contributed by atoms with Crippen molar-refractivity contribution in [3.8, 4) is 0 Å². The molecule has 0 aliphatic carbocycles. The maximum atomic E-state index is 5.96. The Morgan fingerprint density at radius 3 is 2.72 bits per heavy atom. The topological polar surface area (TPSA) is 64.7 Å². The van der Waals surface area contributed by atoms with Gasteiger partial charge in [-0.05, 0) is 24.6 Å². The van der Waals surface area contributed by atoms with Crippen molar-refractivity contribution in [2.24, 2.45) is 0 Å². The van der Waals surface area contributed by atoms with Crippen LogP contribution in [0.3, 0.4) is 0 Å². The summed E-state index contributed by atoms with van der Waals surface area (Å²) in [4.78, 5) is 13.3. The van der Waals surface area contributed by atoms with Crippen LogP contribution in [0.25, 0.3) is 21.9 Å². The van der Waals surface area contributed by atoms with E-state index in [1.54, 1.807) is 0 Å². The van der Waals surface area contributed by atoms with Crippen LogP contribution in [0, 0.1) is 6.92 Å². The molecule has 0 aliphatic rings. The van der Waals surface area contributed by atoms with E-state index >= 15 is 0 Å². The van der Waals surface area contributed by atoms with E-state index in [4.69, 9.17) is 5.73 Å². The summed E-state index contributed by atoms with van der Waals surface area (Å²) in [5.74, 6) is 1.24. The molecule has 1 aromatic carbocycles. The van der Waals surface area contributed by atoms with E-state index in [-0.39, 0.29) is 0 Å². The number of fused-ring (bicyclic) bond motifs is 2. The molecule has 0 amide bonds. The van der Waals surface area contributed by atoms with Gasteiger partial charge in [0.2, 0.25) is 0 Å². The number of anilines is 1. The van der Waals surface area contributed by atoms with Gasteiger partial charge in [0.05, 0.1) is 10.9 Å². The molecule has 0 bridgehead atoms. The number of aromatic nitrogens is 3. The lowest BCUT2D eigenvalue weighted by Crippen LogP contribution is -2.01. The zero-order valence-corrected chi connectivity index (χ0v) is 10.4. The molecular formula is C14H14N4. The minimum atomic E-state index is 0.506. The van der Waals surface area contributed by atoms with Crippen molar-refractivity contribution in [2.45, 2.75) is 20.3 Å². The van der Waals surface area contributed by atoms with E-state index in [1.807, 2.05) is 19.1 Å². The van der Waals surface area contributed by atoms with Crippen LogP contribution in [-0.2, 0) is 6.42 Å². The first kappa shape index (κ1) is 10.9. The molecule has 3 aromatic rings. The standard InChI is InChI=1S/C14H14N4/c1-3-12-17-13(15)10-7-9-5-4-8(2)6-11(9)16-14(10)18-12/h4-7H,3H2,1-2H3,(H2,15,16,17,18). The molecular weight excluding hydrogens is 224 g/mol. The molecule has 3 rings (SSSR count). The molecule has 0 radical (unpaired) electrons. The van der Waals surface area contributed by atoms with Crippen molar-refractivity contribution in [3.05, 3.63) is 35.7 Å². The highest BCUT2D eigenvalue weighted by atomic mass is 15.0. The van der Waals surface area contributed by atoms with E-state index in [2.05, 4.69) is 34.0 Å². The van der Waals surface area contributed by atoms with Crippen LogP contribution < -0.4 is 5.73 Å². The Bertz CT molecular complexity index is 749. The lowest BCUT2D eigenvalue weighted by molar-refractivity contribution is 0.960. The fraction of sp³-hybridized carbons (Fsp3) is 0.214. The zero-order valence-electron chi connectivity index (χ0n) is 10.4. The van der Waals surface area contributed by atoms with Crippen molar-refractivity contribution in [2.75, 3.05) is 5.73 Å². The van der Waals surface area contributed by atoms with Gasteiger partial charge in [-0.1, -0.05) is 19.1 Å². The molecule has 4 nitrogen and oxygen atoms in total. The van der Waals surface area contributed by atoms with Crippen molar-refractivity contribution < 1.29 is 0 Å². The number of hydrogen-bond donors (Lipinski definition) is 1. The maximum Gasteiger partial charge on any atom is 0.165 e. The molecule has 0 aliphatic heterocycles. The second kappa shape index (κ2) is 3.91. The van der Waals surface area contributed by atoms with E-state index in [1.165, 1.54) is 5.56 Å². The van der Waals surface area contributed by atoms with Crippen LogP contribution in [0.15, 0.2) is 24.3 Å². The predicted molar refractivity (Wildman–Crippen MR) is 73.4 cm³/mol. The van der Waals surface area contributed by atoms with Gasteiger partial charge in [0.15, 0.2) is 5.65 Å². The summed E-state index contributed by atoms with van der Waals surface area (Å²) in [5, 5.41) is 1.89. The summed E-state index contributed by atoms with van der Waals surface area (Å²) >= 11 is 0. The van der Waals surface area contributed by atoms with Crippen LogP contribution >= 0.6 is 0 Å². The van der Waals surface area contributed by atoms with Gasteiger partial charge in [-0.2, -0.15) is 0 Å². The van der Waals surface area contributed by atoms with E-state index in [9.17, 15) is 0 Å². The molecule has 2 heterocycles. The third-order valence-electron chi connectivity index (χ3n) is 3.03. The van der Waals surface area contributed by atoms with Crippen molar-refractivity contribution in [3.63, 3.8) is 0 Å². The molecule has 0 unspecified atom stereocenters. The number of rotatable bonds is 1. The maximum absolute atomic E-state index is 5.96. The Kier molecular flexibility index (Phi) is 2.37. The fourth-order valence-electron chi connectivity index (χ4n) is 2.05. The number of nitrogens with zero attached hydrogens (tertiary/aromatic N) is 3. The fourth-order valence-corrected chi connectivity index (χ4v) is 2.05. The quantitative estimate of drug-likeness (QED) is 0.662. The summed E-state index contributed by atoms with van der Waals surface area (Å²) in [6.07, 6.45) is 0.758. The lowest BCUT2D eigenvalue weighted by atomic mass is 10.1. The molecule has 0 fully saturated rings. The average Bonchev–Trinajstić information content (AvgIpc) is 2.36. The largest absolute Gasteiger partial charge is 0.383 e. The average molecular weight is 238 g/mol. The Balaban J connectivity index is 2.41. The van der Waals surface area contributed by atoms with Gasteiger partial charge in [-0.25, -0.2) is 15.0 Å². The number of pyridine rings is 1. The highest BCUT2D eigenvalue weighted by Gasteiger charge is 2.07. The summed E-state index contributed by atoms with van der Waals surface area (Å²) in [5.41, 5.74) is 8.77. The van der Waals surface area contributed by atoms with Crippen LogP contribution in [0.2, 0.25) is 0 Å². The van der Waals surface area contributed by atoms with Gasteiger partial charge in [-0.3, -0.25) is 0 Å². The Labute approximate surface area is 105 Å². The second-order valence-electron chi connectivity index (χ2n) is 4.43. The first-order valence-electron chi connectivity index (χ1n) is 6.01. The molecule has 18 heavy (non-hydrogen) atoms. The minimum Gasteiger partial charge on any atom is -0.383 e. The molecule has 2 aromatic heterocycles. The van der Waals surface area contributed by atoms with Gasteiger partial charge in [0.1, 0.15) is 11.6 Å². The van der Waals surface area contributed by atoms with E-state index < -0.39 is 0 Å². The van der Waals surface area contributed by atoms with Crippen LogP contribution in [0.5, 0.6) is 0 Å². The van der Waals surface area contributed by atoms with E-state index in [0.29, 0.717) is 11.5 Å². The molecule has 0 saturated carbocycles. The Morgan fingerprint density at radius 1 is 1.11 bits per heavy atom. The van der Waals surface area contributed by atoms with Crippen molar-refractivity contribution in [1.29, 1.82) is 0 Å². The van der Waals surface area contributed by atoms with Crippen LogP contribution in [0.4, 0.5) is 5.82 Å². The predicted octanol–water partition coefficient (Wildman–Crippen LogP) is 2.63. The van der Waals surface area contributed by atoms with Gasteiger partial charge in [0.25, 0.3) is 0 Å². The summed E-state index contributed by atoms with van der Waals surface area (Å²) < 4.78 is 0. The summed E-state index contributed by atoms with van der Waals surface area (Å²) in [6, 6.07) is 8.17. The Morgan fingerprint density at radius 2 is 1.94 bits per heavy atom. The zero-order chi connectivity index (χ0) is 12.7. The van der Waals surface area contributed by atoms with Gasteiger partial charge < -0.3 is 5.73 Å². The normalized spacial score (nSPS) is 11.2. The Hall–Kier alpha value is -2.23. The molecule has 4 heteroatoms. The van der Waals surface area contributed by atoms with Crippen molar-refractivity contribution >= 4 is 27.8 Å². The smallest absolute Gasteiger partial charge is 0.165 e. The van der Waals surface area contributed by atoms with Crippen LogP contribution in [-0.4, -0.2) is 15.0 Å². The summed E-state index contributed by atoms with van der Waals surface area (Å²) in [7, 11) is 0. The first-order valence-corrected chi connectivity index (χ1v) is 6.01. The highest BCUT2D eigenvalue weighted by molar-refractivity contribution is 5.95. The molecule has 0 spiro atoms.